The Morgan fingerprint density at radius 1 is 1.18 bits per heavy atom. The largest absolute Gasteiger partial charge is 0.507 e. The topological polar surface area (TPSA) is 102 Å². The molecule has 174 valence electrons. The maximum atomic E-state index is 13.3. The van der Waals surface area contributed by atoms with Gasteiger partial charge in [-0.15, -0.1) is 0 Å². The van der Waals surface area contributed by atoms with Crippen molar-refractivity contribution in [3.8, 4) is 5.75 Å². The zero-order valence-electron chi connectivity index (χ0n) is 19.6. The van der Waals surface area contributed by atoms with Gasteiger partial charge in [0.05, 0.1) is 16.8 Å². The zero-order chi connectivity index (χ0) is 23.7. The Morgan fingerprint density at radius 3 is 2.67 bits per heavy atom. The van der Waals surface area contributed by atoms with Crippen molar-refractivity contribution in [3.63, 3.8) is 0 Å². The van der Waals surface area contributed by atoms with Crippen molar-refractivity contribution in [2.24, 2.45) is 5.92 Å². The summed E-state index contributed by atoms with van der Waals surface area (Å²) in [5.74, 6) is 0.000388. The van der Waals surface area contributed by atoms with Crippen molar-refractivity contribution in [2.45, 2.75) is 33.4 Å². The molecule has 2 heterocycles. The van der Waals surface area contributed by atoms with E-state index < -0.39 is 0 Å². The number of nitrogens with zero attached hydrogens (tertiary/aromatic N) is 3. The van der Waals surface area contributed by atoms with Crippen LogP contribution in [0.1, 0.15) is 51.4 Å². The van der Waals surface area contributed by atoms with E-state index in [1.165, 1.54) is 0 Å². The maximum Gasteiger partial charge on any atom is 0.258 e. The van der Waals surface area contributed by atoms with Crippen LogP contribution in [0.3, 0.4) is 0 Å². The van der Waals surface area contributed by atoms with Crippen LogP contribution in [0.5, 0.6) is 5.75 Å². The number of phenolic OH excluding ortho intramolecular Hbond substituents is 1. The lowest BCUT2D eigenvalue weighted by atomic mass is 10.0. The van der Waals surface area contributed by atoms with Crippen molar-refractivity contribution in [2.75, 3.05) is 27.2 Å². The van der Waals surface area contributed by atoms with Gasteiger partial charge in [-0.3, -0.25) is 14.7 Å². The van der Waals surface area contributed by atoms with Crippen molar-refractivity contribution >= 4 is 22.7 Å². The summed E-state index contributed by atoms with van der Waals surface area (Å²) in [4.78, 5) is 29.5. The molecule has 3 N–H and O–H groups in total. The molecule has 0 spiro atoms. The molecule has 2 aromatic carbocycles. The van der Waals surface area contributed by atoms with E-state index in [9.17, 15) is 14.7 Å². The molecule has 1 aromatic heterocycles. The van der Waals surface area contributed by atoms with Gasteiger partial charge in [0.2, 0.25) is 0 Å². The Balaban J connectivity index is 1.51. The minimum Gasteiger partial charge on any atom is -0.507 e. The highest BCUT2D eigenvalue weighted by atomic mass is 16.3. The predicted octanol–water partition coefficient (Wildman–Crippen LogP) is 2.91. The third-order valence-corrected chi connectivity index (χ3v) is 5.91. The Hall–Kier alpha value is -3.39. The van der Waals surface area contributed by atoms with Crippen molar-refractivity contribution < 1.29 is 14.7 Å². The Kier molecular flexibility index (Phi) is 6.37. The van der Waals surface area contributed by atoms with Gasteiger partial charge in [-0.2, -0.15) is 5.10 Å². The summed E-state index contributed by atoms with van der Waals surface area (Å²) < 4.78 is 0. The second-order valence-corrected chi connectivity index (χ2v) is 9.39. The number of hydrogen-bond donors (Lipinski definition) is 3. The van der Waals surface area contributed by atoms with Crippen molar-refractivity contribution in [1.82, 2.24) is 25.3 Å². The number of aromatic nitrogens is 2. The molecule has 0 radical (unpaired) electrons. The van der Waals surface area contributed by atoms with E-state index in [1.807, 2.05) is 31.1 Å². The Bertz CT molecular complexity index is 1200. The van der Waals surface area contributed by atoms with E-state index in [1.54, 1.807) is 23.1 Å². The lowest BCUT2D eigenvalue weighted by molar-refractivity contribution is 0.0748. The molecule has 0 saturated heterocycles. The standard InChI is InChI=1S/C25H31N5O3/c1-15(2)9-21-19-11-20(23(31)12-22(19)28-27-21)25(33)30-13-17-6-5-16(10-18(17)14-30)24(32)26-7-8-29(3)4/h5-6,10-12,15,31H,7-9,13-14H2,1-4H3,(H,26,32)(H,27,28). The highest BCUT2D eigenvalue weighted by molar-refractivity contribution is 6.01. The van der Waals surface area contributed by atoms with Gasteiger partial charge in [0.25, 0.3) is 11.8 Å². The SMILES string of the molecule is CC(C)Cc1n[nH]c2cc(O)c(C(=O)N3Cc4ccc(C(=O)NCCN(C)C)cc4C3)cc12. The second-order valence-electron chi connectivity index (χ2n) is 9.39. The van der Waals surface area contributed by atoms with Crippen LogP contribution >= 0.6 is 0 Å². The normalized spacial score (nSPS) is 13.2. The van der Waals surface area contributed by atoms with Crippen LogP contribution in [0.15, 0.2) is 30.3 Å². The van der Waals surface area contributed by atoms with E-state index in [0.29, 0.717) is 36.6 Å². The molecular formula is C25H31N5O3. The van der Waals surface area contributed by atoms with E-state index >= 15 is 0 Å². The van der Waals surface area contributed by atoms with E-state index in [2.05, 4.69) is 29.4 Å². The van der Waals surface area contributed by atoms with Crippen LogP contribution in [0, 0.1) is 5.92 Å². The molecule has 0 saturated carbocycles. The summed E-state index contributed by atoms with van der Waals surface area (Å²) in [5, 5.41) is 21.6. The number of carbonyl (C=O) groups is 2. The average Bonchev–Trinajstić information content (AvgIpc) is 3.35. The molecule has 0 bridgehead atoms. The minimum atomic E-state index is -0.237. The molecular weight excluding hydrogens is 418 g/mol. The fraction of sp³-hybridized carbons (Fsp3) is 0.400. The number of aromatic amines is 1. The first-order chi connectivity index (χ1) is 15.7. The predicted molar refractivity (Wildman–Crippen MR) is 127 cm³/mol. The summed E-state index contributed by atoms with van der Waals surface area (Å²) in [6, 6.07) is 8.86. The fourth-order valence-electron chi connectivity index (χ4n) is 4.17. The number of fused-ring (bicyclic) bond motifs is 2. The van der Waals surface area contributed by atoms with Crippen molar-refractivity contribution in [3.05, 3.63) is 58.3 Å². The zero-order valence-corrected chi connectivity index (χ0v) is 19.6. The molecule has 1 aliphatic heterocycles. The van der Waals surface area contributed by atoms with Crippen LogP contribution in [0.25, 0.3) is 10.9 Å². The quantitative estimate of drug-likeness (QED) is 0.515. The third-order valence-electron chi connectivity index (χ3n) is 5.91. The third kappa shape index (κ3) is 4.85. The van der Waals surface area contributed by atoms with Crippen LogP contribution < -0.4 is 5.32 Å². The number of phenols is 1. The van der Waals surface area contributed by atoms with E-state index in [-0.39, 0.29) is 23.1 Å². The lowest BCUT2D eigenvalue weighted by Crippen LogP contribution is -2.31. The summed E-state index contributed by atoms with van der Waals surface area (Å²) in [6.45, 7) is 6.41. The number of amides is 2. The molecule has 8 nitrogen and oxygen atoms in total. The molecule has 0 unspecified atom stereocenters. The van der Waals surface area contributed by atoms with Crippen LogP contribution in [0.2, 0.25) is 0 Å². The highest BCUT2D eigenvalue weighted by Gasteiger charge is 2.27. The van der Waals surface area contributed by atoms with Gasteiger partial charge in [0, 0.05) is 43.2 Å². The summed E-state index contributed by atoms with van der Waals surface area (Å²) in [7, 11) is 3.92. The molecule has 2 amide bonds. The van der Waals surface area contributed by atoms with Crippen LogP contribution in [0.4, 0.5) is 0 Å². The first-order valence-electron chi connectivity index (χ1n) is 11.3. The number of likely N-dealkylation sites (N-methyl/N-ethyl adjacent to an activating group) is 1. The van der Waals surface area contributed by atoms with Gasteiger partial charge < -0.3 is 20.2 Å². The summed E-state index contributed by atoms with van der Waals surface area (Å²) in [5.41, 5.74) is 4.43. The maximum absolute atomic E-state index is 13.3. The van der Waals surface area contributed by atoms with Crippen LogP contribution in [-0.2, 0) is 19.5 Å². The lowest BCUT2D eigenvalue weighted by Gasteiger charge is -2.16. The average molecular weight is 450 g/mol. The van der Waals surface area contributed by atoms with Gasteiger partial charge >= 0.3 is 0 Å². The summed E-state index contributed by atoms with van der Waals surface area (Å²) in [6.07, 6.45) is 0.785. The Morgan fingerprint density at radius 2 is 1.94 bits per heavy atom. The fourth-order valence-corrected chi connectivity index (χ4v) is 4.17. The van der Waals surface area contributed by atoms with Gasteiger partial charge in [-0.25, -0.2) is 0 Å². The molecule has 0 aliphatic carbocycles. The first-order valence-corrected chi connectivity index (χ1v) is 11.3. The van der Waals surface area contributed by atoms with E-state index in [4.69, 9.17) is 0 Å². The number of aromatic hydroxyl groups is 1. The van der Waals surface area contributed by atoms with Gasteiger partial charge in [0.15, 0.2) is 0 Å². The number of rotatable bonds is 7. The molecule has 0 atom stereocenters. The molecule has 3 aromatic rings. The number of hydrogen-bond acceptors (Lipinski definition) is 5. The van der Waals surface area contributed by atoms with Crippen molar-refractivity contribution in [1.29, 1.82) is 0 Å². The van der Waals surface area contributed by atoms with Crippen LogP contribution in [-0.4, -0.2) is 64.1 Å². The Labute approximate surface area is 193 Å². The monoisotopic (exact) mass is 449 g/mol. The molecule has 33 heavy (non-hydrogen) atoms. The molecule has 4 rings (SSSR count). The number of benzene rings is 2. The molecule has 1 aliphatic rings. The molecule has 8 heteroatoms. The number of nitrogens with one attached hydrogen (secondary N) is 2. The summed E-state index contributed by atoms with van der Waals surface area (Å²) >= 11 is 0. The second kappa shape index (κ2) is 9.23. The smallest absolute Gasteiger partial charge is 0.258 e. The number of H-pyrrole nitrogens is 1. The minimum absolute atomic E-state index is 0.0656. The first kappa shape index (κ1) is 22.8. The highest BCUT2D eigenvalue weighted by Crippen LogP contribution is 2.31. The molecule has 0 fully saturated rings. The number of carbonyl (C=O) groups excluding carboxylic acids is 2. The van der Waals surface area contributed by atoms with Gasteiger partial charge in [0.1, 0.15) is 5.75 Å². The van der Waals surface area contributed by atoms with E-state index in [0.717, 1.165) is 35.2 Å². The van der Waals surface area contributed by atoms with Gasteiger partial charge in [-0.1, -0.05) is 19.9 Å². The van der Waals surface area contributed by atoms with Gasteiger partial charge in [-0.05, 0) is 55.8 Å².